The SMILES string of the molecule is COc1cnc(C(=O)Nc2ccc3c(c2)[C@@]2(C3)NC(=N)N(C)S(=O)(=O)C23CC3)c(C)n1. The lowest BCUT2D eigenvalue weighted by atomic mass is 9.67. The molecule has 2 aliphatic carbocycles. The number of carbonyl (C=O) groups excluding carboxylic acids is 1. The second-order valence-corrected chi connectivity index (χ2v) is 10.5. The lowest BCUT2D eigenvalue weighted by Crippen LogP contribution is -2.72. The van der Waals surface area contributed by atoms with Gasteiger partial charge in [0.15, 0.2) is 0 Å². The Morgan fingerprint density at radius 3 is 2.74 bits per heavy atom. The molecule has 162 valence electrons. The van der Waals surface area contributed by atoms with E-state index in [1.54, 1.807) is 19.1 Å². The largest absolute Gasteiger partial charge is 0.480 e. The first-order chi connectivity index (χ1) is 14.6. The van der Waals surface area contributed by atoms with E-state index in [0.717, 1.165) is 15.4 Å². The molecule has 1 aliphatic heterocycles. The van der Waals surface area contributed by atoms with E-state index in [0.29, 0.717) is 36.5 Å². The molecule has 2 spiro atoms. The van der Waals surface area contributed by atoms with E-state index in [2.05, 4.69) is 20.6 Å². The zero-order valence-electron chi connectivity index (χ0n) is 17.3. The fourth-order valence-corrected chi connectivity index (χ4v) is 6.87. The minimum Gasteiger partial charge on any atom is -0.480 e. The lowest BCUT2D eigenvalue weighted by Gasteiger charge is -2.54. The molecule has 1 atom stereocenters. The van der Waals surface area contributed by atoms with Crippen LogP contribution in [-0.2, 0) is 22.0 Å². The number of hydrogen-bond acceptors (Lipinski definition) is 7. The minimum atomic E-state index is -3.65. The molecule has 2 heterocycles. The van der Waals surface area contributed by atoms with Crippen LogP contribution in [0.3, 0.4) is 0 Å². The summed E-state index contributed by atoms with van der Waals surface area (Å²) in [6.07, 6.45) is 2.98. The predicted octanol–water partition coefficient (Wildman–Crippen LogP) is 1.13. The molecule has 1 aromatic heterocycles. The summed E-state index contributed by atoms with van der Waals surface area (Å²) < 4.78 is 31.3. The number of carbonyl (C=O) groups is 1. The first-order valence-corrected chi connectivity index (χ1v) is 11.3. The number of rotatable bonds is 3. The van der Waals surface area contributed by atoms with E-state index in [9.17, 15) is 13.2 Å². The highest BCUT2D eigenvalue weighted by atomic mass is 32.2. The van der Waals surface area contributed by atoms with E-state index in [4.69, 9.17) is 10.1 Å². The molecule has 3 N–H and O–H groups in total. The van der Waals surface area contributed by atoms with E-state index in [1.165, 1.54) is 20.4 Å². The number of guanidine groups is 1. The smallest absolute Gasteiger partial charge is 0.276 e. The molecular formula is C20H22N6O4S. The van der Waals surface area contributed by atoms with Crippen molar-refractivity contribution in [1.29, 1.82) is 5.41 Å². The fraction of sp³-hybridized carbons (Fsp3) is 0.400. The molecule has 1 saturated heterocycles. The third-order valence-electron chi connectivity index (χ3n) is 6.61. The molecule has 11 heteroatoms. The van der Waals surface area contributed by atoms with Crippen molar-refractivity contribution in [3.63, 3.8) is 0 Å². The van der Waals surface area contributed by atoms with Crippen LogP contribution in [0.2, 0.25) is 0 Å². The van der Waals surface area contributed by atoms with Crippen molar-refractivity contribution in [3.05, 3.63) is 46.9 Å². The van der Waals surface area contributed by atoms with Crippen molar-refractivity contribution in [1.82, 2.24) is 19.6 Å². The van der Waals surface area contributed by atoms with Gasteiger partial charge in [-0.2, -0.15) is 0 Å². The van der Waals surface area contributed by atoms with Crippen LogP contribution in [0.5, 0.6) is 5.88 Å². The number of hydrogen-bond donors (Lipinski definition) is 3. The van der Waals surface area contributed by atoms with Crippen LogP contribution in [0.1, 0.15) is 40.2 Å². The molecule has 2 aromatic rings. The Hall–Kier alpha value is -3.21. The summed E-state index contributed by atoms with van der Waals surface area (Å²) in [7, 11) is -0.766. The molecule has 31 heavy (non-hydrogen) atoms. The summed E-state index contributed by atoms with van der Waals surface area (Å²) in [5, 5.41) is 14.1. The molecule has 5 rings (SSSR count). The second kappa shape index (κ2) is 6.16. The van der Waals surface area contributed by atoms with Gasteiger partial charge >= 0.3 is 0 Å². The monoisotopic (exact) mass is 442 g/mol. The maximum Gasteiger partial charge on any atom is 0.276 e. The number of ether oxygens (including phenoxy) is 1. The summed E-state index contributed by atoms with van der Waals surface area (Å²) in [6, 6.07) is 5.46. The van der Waals surface area contributed by atoms with Gasteiger partial charge in [-0.1, -0.05) is 6.07 Å². The second-order valence-electron chi connectivity index (χ2n) is 8.19. The molecule has 3 aliphatic rings. The molecule has 0 bridgehead atoms. The van der Waals surface area contributed by atoms with Gasteiger partial charge in [-0.05, 0) is 43.0 Å². The quantitative estimate of drug-likeness (QED) is 0.648. The van der Waals surface area contributed by atoms with Gasteiger partial charge in [-0.15, -0.1) is 0 Å². The van der Waals surface area contributed by atoms with Crippen LogP contribution < -0.4 is 15.4 Å². The van der Waals surface area contributed by atoms with Gasteiger partial charge in [0, 0.05) is 19.2 Å². The van der Waals surface area contributed by atoms with Crippen molar-refractivity contribution in [3.8, 4) is 5.88 Å². The van der Waals surface area contributed by atoms with E-state index in [1.807, 2.05) is 6.07 Å². The number of sulfonamides is 1. The number of amides is 1. The molecule has 0 radical (unpaired) electrons. The Morgan fingerprint density at radius 1 is 1.35 bits per heavy atom. The summed E-state index contributed by atoms with van der Waals surface area (Å²) in [4.78, 5) is 21.0. The van der Waals surface area contributed by atoms with Crippen LogP contribution in [0.4, 0.5) is 5.69 Å². The average molecular weight is 443 g/mol. The molecular weight excluding hydrogens is 420 g/mol. The number of nitrogens with zero attached hydrogens (tertiary/aromatic N) is 3. The number of benzene rings is 1. The number of aromatic nitrogens is 2. The maximum atomic E-state index is 13.1. The molecule has 1 amide bonds. The Balaban J connectivity index is 1.48. The van der Waals surface area contributed by atoms with E-state index in [-0.39, 0.29) is 11.7 Å². The Kier molecular flexibility index (Phi) is 3.92. The predicted molar refractivity (Wildman–Crippen MR) is 113 cm³/mol. The van der Waals surface area contributed by atoms with Crippen LogP contribution in [-0.4, -0.2) is 53.5 Å². The van der Waals surface area contributed by atoms with Gasteiger partial charge in [0.2, 0.25) is 21.9 Å². The normalized spacial score (nSPS) is 24.2. The number of nitrogens with one attached hydrogen (secondary N) is 3. The third kappa shape index (κ3) is 2.46. The van der Waals surface area contributed by atoms with Crippen LogP contribution in [0.15, 0.2) is 24.4 Å². The molecule has 10 nitrogen and oxygen atoms in total. The summed E-state index contributed by atoms with van der Waals surface area (Å²) in [5.74, 6) is -0.232. The van der Waals surface area contributed by atoms with Crippen LogP contribution in [0.25, 0.3) is 0 Å². The lowest BCUT2D eigenvalue weighted by molar-refractivity contribution is 0.102. The van der Waals surface area contributed by atoms with Gasteiger partial charge in [-0.3, -0.25) is 10.2 Å². The van der Waals surface area contributed by atoms with Crippen LogP contribution >= 0.6 is 0 Å². The summed E-state index contributed by atoms with van der Waals surface area (Å²) >= 11 is 0. The highest BCUT2D eigenvalue weighted by Gasteiger charge is 2.75. The average Bonchev–Trinajstić information content (AvgIpc) is 3.53. The topological polar surface area (TPSA) is 137 Å². The summed E-state index contributed by atoms with van der Waals surface area (Å²) in [5.41, 5.74) is 2.11. The van der Waals surface area contributed by atoms with Gasteiger partial charge < -0.3 is 15.4 Å². The Bertz CT molecular complexity index is 1260. The Morgan fingerprint density at radius 2 is 2.10 bits per heavy atom. The Labute approximate surface area is 179 Å². The number of methoxy groups -OCH3 is 1. The van der Waals surface area contributed by atoms with Crippen molar-refractivity contribution >= 4 is 27.6 Å². The first-order valence-electron chi connectivity index (χ1n) is 9.83. The molecule has 0 unspecified atom stereocenters. The minimum absolute atomic E-state index is 0.137. The number of fused-ring (bicyclic) bond motifs is 3. The van der Waals surface area contributed by atoms with Gasteiger partial charge in [0.1, 0.15) is 10.4 Å². The van der Waals surface area contributed by atoms with Crippen molar-refractivity contribution < 1.29 is 17.9 Å². The standard InChI is InChI=1S/C20H22N6O4S/c1-11-16(22-10-15(23-11)30-3)17(27)24-13-5-4-12-9-20(14(12)8-13)19(6-7-19)31(28,29)26(2)18(21)25-20/h4-5,8,10H,6-7,9H2,1-3H3,(H2,21,25)(H,24,27)/t20-/m1/s1. The van der Waals surface area contributed by atoms with Gasteiger partial charge in [0.25, 0.3) is 5.91 Å². The number of anilines is 1. The van der Waals surface area contributed by atoms with Crippen molar-refractivity contribution in [2.24, 2.45) is 0 Å². The fourth-order valence-electron chi connectivity index (χ4n) is 4.77. The zero-order chi connectivity index (χ0) is 22.2. The van der Waals surface area contributed by atoms with Crippen LogP contribution in [0, 0.1) is 12.3 Å². The molecule has 1 aromatic carbocycles. The highest BCUT2D eigenvalue weighted by molar-refractivity contribution is 7.91. The number of aryl methyl sites for hydroxylation is 1. The summed E-state index contributed by atoms with van der Waals surface area (Å²) in [6.45, 7) is 1.67. The van der Waals surface area contributed by atoms with E-state index >= 15 is 0 Å². The maximum absolute atomic E-state index is 13.1. The zero-order valence-corrected chi connectivity index (χ0v) is 18.1. The molecule has 2 fully saturated rings. The van der Waals surface area contributed by atoms with Gasteiger partial charge in [0.05, 0.1) is 24.5 Å². The van der Waals surface area contributed by atoms with Gasteiger partial charge in [-0.25, -0.2) is 22.7 Å². The molecule has 1 saturated carbocycles. The highest BCUT2D eigenvalue weighted by Crippen LogP contribution is 2.63. The van der Waals surface area contributed by atoms with E-state index < -0.39 is 26.2 Å². The third-order valence-corrected chi connectivity index (χ3v) is 9.26. The van der Waals surface area contributed by atoms with Crippen molar-refractivity contribution in [2.75, 3.05) is 19.5 Å². The van der Waals surface area contributed by atoms with Crippen molar-refractivity contribution in [2.45, 2.75) is 36.5 Å². The first kappa shape index (κ1) is 19.7.